The molecule has 3 amide bonds. The van der Waals surface area contributed by atoms with Crippen LogP contribution in [-0.2, 0) is 38.0 Å². The molecule has 0 N–H and O–H groups in total. The van der Waals surface area contributed by atoms with Gasteiger partial charge < -0.3 is 9.64 Å². The van der Waals surface area contributed by atoms with Crippen LogP contribution in [0.25, 0.3) is 0 Å². The number of carbonyl (C=O) groups excluding carboxylic acids is 4. The predicted octanol–water partition coefficient (Wildman–Crippen LogP) is 6.19. The molecular weight excluding hydrogens is 606 g/mol. The third kappa shape index (κ3) is 5.87. The molecule has 1 aromatic carbocycles. The molecule has 3 heterocycles. The number of benzene rings is 1. The van der Waals surface area contributed by atoms with Crippen molar-refractivity contribution in [2.24, 2.45) is 17.3 Å². The molecule has 8 nitrogen and oxygen atoms in total. The molecule has 3 fully saturated rings. The van der Waals surface area contributed by atoms with E-state index in [0.29, 0.717) is 42.5 Å². The highest BCUT2D eigenvalue weighted by molar-refractivity contribution is 7.98. The number of amides is 3. The van der Waals surface area contributed by atoms with Gasteiger partial charge in [-0.05, 0) is 74.5 Å². The van der Waals surface area contributed by atoms with Crippen LogP contribution in [0.4, 0.5) is 0 Å². The lowest BCUT2D eigenvalue weighted by Gasteiger charge is -2.51. The van der Waals surface area contributed by atoms with Crippen LogP contribution in [0.15, 0.2) is 28.5 Å². The summed E-state index contributed by atoms with van der Waals surface area (Å²) in [6, 6.07) is 5.03. The van der Waals surface area contributed by atoms with Crippen LogP contribution in [0.2, 0.25) is 0 Å². The molecule has 0 radical (unpaired) electrons. The fourth-order valence-electron chi connectivity index (χ4n) is 7.87. The third-order valence-corrected chi connectivity index (χ3v) is 12.2. The van der Waals surface area contributed by atoms with Crippen LogP contribution in [-0.4, -0.2) is 56.4 Å². The Bertz CT molecular complexity index is 1460. The normalized spacial score (nSPS) is 30.5. The SMILES string of the molecule is CCC1(C(=O)OCc2nc(CSc3cccc4c3CN(C3CCC(=O)N(C)C3=O)C4=O)cs2)CC2CC(C)CC(Cl)(C2)C1. The number of ether oxygens (including phenoxy) is 1. The first-order valence-electron chi connectivity index (χ1n) is 15.2. The van der Waals surface area contributed by atoms with E-state index >= 15 is 0 Å². The molecular formula is C32H38ClN3O5S2. The fraction of sp³-hybridized carbons (Fsp3) is 0.594. The molecule has 2 aromatic rings. The van der Waals surface area contributed by atoms with Gasteiger partial charge in [0, 0.05) is 46.5 Å². The lowest BCUT2D eigenvalue weighted by Crippen LogP contribution is -2.53. The Morgan fingerprint density at radius 2 is 2.05 bits per heavy atom. The number of likely N-dealkylation sites (tertiary alicyclic amines) is 1. The second-order valence-corrected chi connectivity index (χ2v) is 15.7. The van der Waals surface area contributed by atoms with E-state index in [1.165, 1.54) is 18.4 Å². The van der Waals surface area contributed by atoms with Crippen molar-refractivity contribution in [3.8, 4) is 0 Å². The Kier molecular flexibility index (Phi) is 8.41. The Hall–Kier alpha value is -2.43. The van der Waals surface area contributed by atoms with Crippen LogP contribution in [0, 0.1) is 17.3 Å². The van der Waals surface area contributed by atoms with Gasteiger partial charge >= 0.3 is 5.97 Å². The van der Waals surface area contributed by atoms with Gasteiger partial charge in [0.15, 0.2) is 0 Å². The number of halogens is 1. The molecule has 6 rings (SSSR count). The Balaban J connectivity index is 1.06. The molecule has 43 heavy (non-hydrogen) atoms. The minimum atomic E-state index is -0.622. The average Bonchev–Trinajstić information content (AvgIpc) is 3.56. The van der Waals surface area contributed by atoms with Crippen molar-refractivity contribution >= 4 is 58.4 Å². The minimum Gasteiger partial charge on any atom is -0.458 e. The van der Waals surface area contributed by atoms with Gasteiger partial charge in [0.25, 0.3) is 11.8 Å². The highest BCUT2D eigenvalue weighted by atomic mass is 35.5. The summed E-state index contributed by atoms with van der Waals surface area (Å²) < 4.78 is 5.89. The number of likely N-dealkylation sites (N-methyl/N-ethyl adjacent to an activating group) is 1. The van der Waals surface area contributed by atoms with E-state index in [1.54, 1.807) is 22.7 Å². The van der Waals surface area contributed by atoms with E-state index in [0.717, 1.165) is 58.2 Å². The topological polar surface area (TPSA) is 96.9 Å². The quantitative estimate of drug-likeness (QED) is 0.147. The molecule has 1 saturated heterocycles. The van der Waals surface area contributed by atoms with Crippen LogP contribution >= 0.6 is 34.7 Å². The van der Waals surface area contributed by atoms with Crippen molar-refractivity contribution in [3.05, 3.63) is 45.4 Å². The number of carbonyl (C=O) groups is 4. The summed E-state index contributed by atoms with van der Waals surface area (Å²) in [5, 5.41) is 2.75. The predicted molar refractivity (Wildman–Crippen MR) is 166 cm³/mol. The Labute approximate surface area is 265 Å². The molecule has 2 aliphatic heterocycles. The summed E-state index contributed by atoms with van der Waals surface area (Å²) in [4.78, 5) is 59.5. The summed E-state index contributed by atoms with van der Waals surface area (Å²) in [7, 11) is 1.48. The lowest BCUT2D eigenvalue weighted by atomic mass is 9.57. The standard InChI is InChI=1S/C32H38ClN3O5S2/c1-4-31(12-20-10-19(2)11-32(33,13-20)18-31)30(40)41-15-26-34-21(17-43-26)16-42-25-7-5-6-22-23(25)14-36(28(22)38)24-8-9-27(37)35(3)29(24)39/h5-7,17,19-20,24H,4,8-16,18H2,1-3H3. The van der Waals surface area contributed by atoms with Gasteiger partial charge in [-0.25, -0.2) is 4.98 Å². The summed E-state index contributed by atoms with van der Waals surface area (Å²) in [6.07, 6.45) is 5.96. The third-order valence-electron chi connectivity index (χ3n) is 9.80. The maximum atomic E-state index is 13.4. The van der Waals surface area contributed by atoms with Crippen molar-refractivity contribution in [2.75, 3.05) is 7.05 Å². The van der Waals surface area contributed by atoms with Crippen molar-refractivity contribution in [1.29, 1.82) is 0 Å². The number of esters is 1. The summed E-state index contributed by atoms with van der Waals surface area (Å²) in [6.45, 7) is 4.84. The number of aromatic nitrogens is 1. The van der Waals surface area contributed by atoms with E-state index in [-0.39, 0.29) is 41.6 Å². The number of hydrogen-bond donors (Lipinski definition) is 0. The van der Waals surface area contributed by atoms with E-state index in [2.05, 4.69) is 13.8 Å². The first-order valence-corrected chi connectivity index (χ1v) is 17.4. The maximum Gasteiger partial charge on any atom is 0.312 e. The van der Waals surface area contributed by atoms with Gasteiger partial charge in [-0.1, -0.05) is 19.9 Å². The second-order valence-electron chi connectivity index (χ2n) is 12.9. The number of thioether (sulfide) groups is 1. The van der Waals surface area contributed by atoms with E-state index in [1.807, 2.05) is 17.5 Å². The number of imide groups is 1. The van der Waals surface area contributed by atoms with E-state index < -0.39 is 11.5 Å². The number of thiazole rings is 1. The molecule has 230 valence electrons. The molecule has 0 spiro atoms. The Morgan fingerprint density at radius 1 is 1.23 bits per heavy atom. The molecule has 1 aromatic heterocycles. The van der Waals surface area contributed by atoms with Gasteiger partial charge in [0.1, 0.15) is 17.7 Å². The van der Waals surface area contributed by atoms with Crippen LogP contribution in [0.5, 0.6) is 0 Å². The number of fused-ring (bicyclic) bond motifs is 3. The van der Waals surface area contributed by atoms with Crippen LogP contribution in [0.3, 0.4) is 0 Å². The van der Waals surface area contributed by atoms with Crippen molar-refractivity contribution in [1.82, 2.24) is 14.8 Å². The van der Waals surface area contributed by atoms with Crippen LogP contribution < -0.4 is 0 Å². The van der Waals surface area contributed by atoms with Crippen molar-refractivity contribution in [3.63, 3.8) is 0 Å². The van der Waals surface area contributed by atoms with Gasteiger partial charge in [0.2, 0.25) is 5.91 Å². The second kappa shape index (κ2) is 11.8. The average molecular weight is 644 g/mol. The minimum absolute atomic E-state index is 0.147. The summed E-state index contributed by atoms with van der Waals surface area (Å²) in [5.41, 5.74) is 1.87. The smallest absolute Gasteiger partial charge is 0.312 e. The van der Waals surface area contributed by atoms with E-state index in [9.17, 15) is 19.2 Å². The van der Waals surface area contributed by atoms with Crippen molar-refractivity contribution in [2.45, 2.75) is 99.9 Å². The summed E-state index contributed by atoms with van der Waals surface area (Å²) >= 11 is 10.1. The van der Waals surface area contributed by atoms with Gasteiger partial charge in [-0.15, -0.1) is 34.7 Å². The van der Waals surface area contributed by atoms with Gasteiger partial charge in [-0.2, -0.15) is 0 Å². The molecule has 2 bridgehead atoms. The highest BCUT2D eigenvalue weighted by Crippen LogP contribution is 2.57. The molecule has 2 saturated carbocycles. The summed E-state index contributed by atoms with van der Waals surface area (Å²) in [5.74, 6) is 0.821. The number of nitrogens with zero attached hydrogens (tertiary/aromatic N) is 3. The number of piperidine rings is 1. The zero-order valence-corrected chi connectivity index (χ0v) is 27.3. The maximum absolute atomic E-state index is 13.4. The highest BCUT2D eigenvalue weighted by Gasteiger charge is 2.54. The fourth-order valence-corrected chi connectivity index (χ4v) is 10.4. The van der Waals surface area contributed by atoms with Crippen LogP contribution in [0.1, 0.15) is 91.8 Å². The first-order chi connectivity index (χ1) is 20.5. The van der Waals surface area contributed by atoms with Gasteiger partial charge in [0.05, 0.1) is 11.1 Å². The number of rotatable bonds is 8. The molecule has 4 aliphatic rings. The molecule has 11 heteroatoms. The monoisotopic (exact) mass is 643 g/mol. The zero-order valence-electron chi connectivity index (χ0n) is 24.9. The number of hydrogen-bond acceptors (Lipinski definition) is 8. The molecule has 5 atom stereocenters. The Morgan fingerprint density at radius 3 is 2.81 bits per heavy atom. The lowest BCUT2D eigenvalue weighted by molar-refractivity contribution is -0.163. The van der Waals surface area contributed by atoms with E-state index in [4.69, 9.17) is 21.3 Å². The molecule has 2 aliphatic carbocycles. The van der Waals surface area contributed by atoms with Crippen molar-refractivity contribution < 1.29 is 23.9 Å². The largest absolute Gasteiger partial charge is 0.458 e. The first kappa shape index (κ1) is 30.6. The molecule has 5 unspecified atom stereocenters. The van der Waals surface area contributed by atoms with Gasteiger partial charge in [-0.3, -0.25) is 24.1 Å². The number of alkyl halides is 1. The zero-order chi connectivity index (χ0) is 30.5.